The van der Waals surface area contributed by atoms with E-state index in [0.717, 1.165) is 38.3 Å². The van der Waals surface area contributed by atoms with Gasteiger partial charge in [0.15, 0.2) is 0 Å². The molecule has 1 saturated carbocycles. The van der Waals surface area contributed by atoms with E-state index >= 15 is 0 Å². The van der Waals surface area contributed by atoms with Gasteiger partial charge in [-0.25, -0.2) is 0 Å². The van der Waals surface area contributed by atoms with Crippen molar-refractivity contribution >= 4 is 0 Å². The van der Waals surface area contributed by atoms with Crippen molar-refractivity contribution in [1.29, 1.82) is 0 Å². The monoisotopic (exact) mass is 327 g/mol. The summed E-state index contributed by atoms with van der Waals surface area (Å²) in [4.78, 5) is 2.57. The number of benzene rings is 1. The van der Waals surface area contributed by atoms with Gasteiger partial charge in [-0.2, -0.15) is 0 Å². The third-order valence-electron chi connectivity index (χ3n) is 6.38. The Morgan fingerprint density at radius 2 is 1.88 bits per heavy atom. The minimum atomic E-state index is -0.543. The summed E-state index contributed by atoms with van der Waals surface area (Å²) in [5.74, 6) is 1.37. The Morgan fingerprint density at radius 3 is 2.50 bits per heavy atom. The molecule has 0 unspecified atom stereocenters. The minimum absolute atomic E-state index is 0.297. The molecule has 0 bridgehead atoms. The number of piperidine rings is 1. The van der Waals surface area contributed by atoms with Gasteiger partial charge in [0.2, 0.25) is 0 Å². The largest absolute Gasteiger partial charge is 0.389 e. The molecule has 132 valence electrons. The van der Waals surface area contributed by atoms with Gasteiger partial charge in [0, 0.05) is 6.04 Å². The highest BCUT2D eigenvalue weighted by Gasteiger charge is 2.42. The number of hydrogen-bond acceptors (Lipinski definition) is 2. The fraction of sp³-hybridized carbons (Fsp3) is 0.636. The van der Waals surface area contributed by atoms with E-state index in [1.54, 1.807) is 0 Å². The number of aliphatic hydroxyl groups is 1. The first-order chi connectivity index (χ1) is 11.5. The van der Waals surface area contributed by atoms with Crippen molar-refractivity contribution in [3.05, 3.63) is 48.0 Å². The molecule has 1 aromatic carbocycles. The Labute approximate surface area is 147 Å². The van der Waals surface area contributed by atoms with Crippen LogP contribution in [0.4, 0.5) is 0 Å². The molecule has 2 heteroatoms. The highest BCUT2D eigenvalue weighted by molar-refractivity contribution is 5.15. The zero-order chi connectivity index (χ0) is 17.2. The maximum atomic E-state index is 10.9. The van der Waals surface area contributed by atoms with Crippen LogP contribution in [0.15, 0.2) is 42.5 Å². The average Bonchev–Trinajstić information content (AvgIpc) is 2.56. The van der Waals surface area contributed by atoms with Gasteiger partial charge in [0.05, 0.1) is 5.60 Å². The summed E-state index contributed by atoms with van der Waals surface area (Å²) in [5, 5.41) is 10.9. The smallest absolute Gasteiger partial charge is 0.0774 e. The Kier molecular flexibility index (Phi) is 5.46. The normalized spacial score (nSPS) is 32.6. The van der Waals surface area contributed by atoms with Crippen LogP contribution in [0.1, 0.15) is 51.5 Å². The van der Waals surface area contributed by atoms with Crippen LogP contribution in [0.2, 0.25) is 0 Å². The van der Waals surface area contributed by atoms with Gasteiger partial charge in [0.25, 0.3) is 0 Å². The third kappa shape index (κ3) is 4.10. The van der Waals surface area contributed by atoms with E-state index in [-0.39, 0.29) is 0 Å². The van der Waals surface area contributed by atoms with E-state index in [9.17, 15) is 5.11 Å². The van der Waals surface area contributed by atoms with Gasteiger partial charge in [0.1, 0.15) is 0 Å². The van der Waals surface area contributed by atoms with Crippen molar-refractivity contribution in [2.75, 3.05) is 13.1 Å². The lowest BCUT2D eigenvalue weighted by molar-refractivity contribution is -0.0771. The first kappa shape index (κ1) is 17.7. The molecule has 1 aliphatic heterocycles. The van der Waals surface area contributed by atoms with E-state index in [1.165, 1.54) is 30.4 Å². The molecule has 0 amide bonds. The second-order valence-electron chi connectivity index (χ2n) is 8.36. The first-order valence-corrected chi connectivity index (χ1v) is 9.61. The van der Waals surface area contributed by atoms with Crippen molar-refractivity contribution in [2.45, 2.75) is 64.0 Å². The molecular weight excluding hydrogens is 294 g/mol. The number of likely N-dealkylation sites (tertiary alicyclic amines) is 1. The van der Waals surface area contributed by atoms with Crippen molar-refractivity contribution in [1.82, 2.24) is 4.90 Å². The van der Waals surface area contributed by atoms with Crippen LogP contribution in [0, 0.1) is 11.8 Å². The molecule has 1 N–H and O–H groups in total. The highest BCUT2D eigenvalue weighted by Crippen LogP contribution is 2.39. The Balaban J connectivity index is 1.57. The van der Waals surface area contributed by atoms with Crippen LogP contribution in [-0.4, -0.2) is 34.7 Å². The fourth-order valence-corrected chi connectivity index (χ4v) is 4.68. The quantitative estimate of drug-likeness (QED) is 0.827. The summed E-state index contributed by atoms with van der Waals surface area (Å²) in [5.41, 5.74) is 2.20. The molecule has 1 aromatic rings. The van der Waals surface area contributed by atoms with Crippen molar-refractivity contribution in [2.24, 2.45) is 11.8 Å². The second kappa shape index (κ2) is 7.41. The van der Waals surface area contributed by atoms with Gasteiger partial charge in [-0.3, -0.25) is 4.90 Å². The first-order valence-electron chi connectivity index (χ1n) is 9.61. The Bertz CT molecular complexity index is 542. The lowest BCUT2D eigenvalue weighted by Gasteiger charge is -2.48. The number of allylic oxidation sites excluding steroid dienone is 1. The lowest BCUT2D eigenvalue weighted by atomic mass is 9.72. The maximum absolute atomic E-state index is 10.9. The van der Waals surface area contributed by atoms with E-state index in [1.807, 2.05) is 6.92 Å². The summed E-state index contributed by atoms with van der Waals surface area (Å²) in [6.07, 6.45) is 6.76. The fourth-order valence-electron chi connectivity index (χ4n) is 4.68. The molecule has 1 saturated heterocycles. The molecule has 2 aliphatic rings. The van der Waals surface area contributed by atoms with Crippen LogP contribution in [0.5, 0.6) is 0 Å². The summed E-state index contributed by atoms with van der Waals surface area (Å²) in [6, 6.07) is 11.2. The van der Waals surface area contributed by atoms with Crippen LogP contribution in [0.25, 0.3) is 0 Å². The van der Waals surface area contributed by atoms with Crippen LogP contribution < -0.4 is 0 Å². The van der Waals surface area contributed by atoms with Crippen LogP contribution in [-0.2, 0) is 6.42 Å². The molecule has 0 aromatic heterocycles. The summed E-state index contributed by atoms with van der Waals surface area (Å²) >= 11 is 0. The molecular formula is C22H33NO. The SMILES string of the molecule is C=C(C)[C@H]1CC[C@@](C)(O)[C@H](N2CCC(Cc3ccccc3)CC2)C1. The number of nitrogens with zero attached hydrogens (tertiary/aromatic N) is 1. The topological polar surface area (TPSA) is 23.5 Å². The van der Waals surface area contributed by atoms with Crippen molar-refractivity contribution < 1.29 is 5.11 Å². The third-order valence-corrected chi connectivity index (χ3v) is 6.38. The predicted molar refractivity (Wildman–Crippen MR) is 101 cm³/mol. The molecule has 0 spiro atoms. The number of rotatable bonds is 4. The standard InChI is InChI=1S/C22H33NO/c1-17(2)20-9-12-22(3,24)21(16-20)23-13-10-19(11-14-23)15-18-7-5-4-6-8-18/h4-8,19-21,24H,1,9-16H2,2-3H3/t20-,21+,22+/m0/s1. The molecule has 24 heavy (non-hydrogen) atoms. The summed E-state index contributed by atoms with van der Waals surface area (Å²) in [6.45, 7) is 10.6. The predicted octanol–water partition coefficient (Wildman–Crippen LogP) is 4.44. The van der Waals surface area contributed by atoms with Gasteiger partial charge in [-0.1, -0.05) is 42.5 Å². The van der Waals surface area contributed by atoms with Gasteiger partial charge < -0.3 is 5.11 Å². The van der Waals surface area contributed by atoms with Crippen molar-refractivity contribution in [3.8, 4) is 0 Å². The zero-order valence-electron chi connectivity index (χ0n) is 15.4. The van der Waals surface area contributed by atoms with Gasteiger partial charge in [-0.15, -0.1) is 0 Å². The lowest BCUT2D eigenvalue weighted by Crippen LogP contribution is -2.56. The van der Waals surface area contributed by atoms with Crippen molar-refractivity contribution in [3.63, 3.8) is 0 Å². The minimum Gasteiger partial charge on any atom is -0.389 e. The van der Waals surface area contributed by atoms with Crippen LogP contribution in [0.3, 0.4) is 0 Å². The molecule has 3 rings (SSSR count). The molecule has 1 heterocycles. The van der Waals surface area contributed by atoms with Gasteiger partial charge >= 0.3 is 0 Å². The van der Waals surface area contributed by atoms with E-state index in [0.29, 0.717) is 12.0 Å². The molecule has 2 fully saturated rings. The summed E-state index contributed by atoms with van der Waals surface area (Å²) < 4.78 is 0. The number of hydrogen-bond donors (Lipinski definition) is 1. The molecule has 2 nitrogen and oxygen atoms in total. The van der Waals surface area contributed by atoms with Gasteiger partial charge in [-0.05, 0) is 82.9 Å². The molecule has 3 atom stereocenters. The highest BCUT2D eigenvalue weighted by atomic mass is 16.3. The Hall–Kier alpha value is -1.12. The van der Waals surface area contributed by atoms with E-state index in [2.05, 4.69) is 48.7 Å². The zero-order valence-corrected chi connectivity index (χ0v) is 15.4. The van der Waals surface area contributed by atoms with Crippen LogP contribution >= 0.6 is 0 Å². The summed E-state index contributed by atoms with van der Waals surface area (Å²) in [7, 11) is 0. The molecule has 1 aliphatic carbocycles. The second-order valence-corrected chi connectivity index (χ2v) is 8.36. The van der Waals surface area contributed by atoms with E-state index in [4.69, 9.17) is 0 Å². The Morgan fingerprint density at radius 1 is 1.21 bits per heavy atom. The van der Waals surface area contributed by atoms with E-state index < -0.39 is 5.60 Å². The average molecular weight is 328 g/mol. The molecule has 0 radical (unpaired) electrons. The maximum Gasteiger partial charge on any atom is 0.0774 e.